The summed E-state index contributed by atoms with van der Waals surface area (Å²) in [4.78, 5) is 15.3. The number of alkyl halides is 3. The number of hydrogen-bond donors (Lipinski definition) is 2. The molecule has 0 saturated heterocycles. The number of carbonyl (C=O) groups is 1. The summed E-state index contributed by atoms with van der Waals surface area (Å²) in [5.74, 6) is -1.92. The molecule has 140 valence electrons. The second kappa shape index (κ2) is 7.36. The molecule has 0 fully saturated rings. The highest BCUT2D eigenvalue weighted by Gasteiger charge is 2.30. The lowest BCUT2D eigenvalue weighted by atomic mass is 10.1. The molecule has 1 heterocycles. The van der Waals surface area contributed by atoms with Gasteiger partial charge in [-0.05, 0) is 30.3 Å². The number of nitrogens with one attached hydrogen (secondary N) is 1. The van der Waals surface area contributed by atoms with Crippen molar-refractivity contribution in [2.75, 3.05) is 5.32 Å². The molecule has 2 aromatic carbocycles. The Bertz CT molecular complexity index is 968. The van der Waals surface area contributed by atoms with Gasteiger partial charge in [-0.1, -0.05) is 12.1 Å². The second-order valence-electron chi connectivity index (χ2n) is 5.61. The third-order valence-corrected chi connectivity index (χ3v) is 4.57. The Labute approximate surface area is 155 Å². The van der Waals surface area contributed by atoms with Crippen molar-refractivity contribution < 1.29 is 27.5 Å². The molecule has 0 spiro atoms. The largest absolute Gasteiger partial charge is 0.478 e. The molecule has 0 bridgehead atoms. The number of halogens is 4. The minimum atomic E-state index is -4.39. The fourth-order valence-electron chi connectivity index (χ4n) is 2.33. The van der Waals surface area contributed by atoms with Crippen LogP contribution < -0.4 is 5.32 Å². The Hall–Kier alpha value is -2.94. The molecule has 4 nitrogen and oxygen atoms in total. The van der Waals surface area contributed by atoms with Gasteiger partial charge in [0.15, 0.2) is 0 Å². The lowest BCUT2D eigenvalue weighted by Gasteiger charge is -2.07. The van der Waals surface area contributed by atoms with Gasteiger partial charge in [0.1, 0.15) is 10.8 Å². The minimum absolute atomic E-state index is 0.179. The maximum absolute atomic E-state index is 13.5. The van der Waals surface area contributed by atoms with Crippen LogP contribution in [0.4, 0.5) is 23.2 Å². The first kappa shape index (κ1) is 18.8. The van der Waals surface area contributed by atoms with E-state index in [1.807, 2.05) is 0 Å². The molecule has 0 atom stereocenters. The van der Waals surface area contributed by atoms with E-state index in [1.165, 1.54) is 29.5 Å². The fraction of sp³-hybridized carbons (Fsp3) is 0.111. The van der Waals surface area contributed by atoms with Gasteiger partial charge < -0.3 is 10.4 Å². The van der Waals surface area contributed by atoms with Gasteiger partial charge in [0.25, 0.3) is 0 Å². The van der Waals surface area contributed by atoms with Crippen LogP contribution >= 0.6 is 11.3 Å². The van der Waals surface area contributed by atoms with Crippen LogP contribution in [0.2, 0.25) is 0 Å². The maximum Gasteiger partial charge on any atom is 0.416 e. The summed E-state index contributed by atoms with van der Waals surface area (Å²) < 4.78 is 51.3. The lowest BCUT2D eigenvalue weighted by Crippen LogP contribution is -2.04. The number of benzene rings is 2. The number of carboxylic acid groups (broad SMARTS) is 1. The van der Waals surface area contributed by atoms with E-state index >= 15 is 0 Å². The summed E-state index contributed by atoms with van der Waals surface area (Å²) in [5, 5.41) is 14.1. The molecular weight excluding hydrogens is 384 g/mol. The van der Waals surface area contributed by atoms with Crippen molar-refractivity contribution >= 4 is 23.0 Å². The summed E-state index contributed by atoms with van der Waals surface area (Å²) in [6.07, 6.45) is -4.39. The van der Waals surface area contributed by atoms with E-state index in [0.717, 1.165) is 24.3 Å². The van der Waals surface area contributed by atoms with Crippen LogP contribution in [-0.2, 0) is 12.7 Å². The van der Waals surface area contributed by atoms with Crippen LogP contribution in [0.5, 0.6) is 0 Å². The van der Waals surface area contributed by atoms with Crippen LogP contribution in [0.15, 0.2) is 47.8 Å². The molecule has 0 aliphatic heterocycles. The monoisotopic (exact) mass is 396 g/mol. The molecule has 2 N–H and O–H groups in total. The SMILES string of the molecule is O=C(O)c1cc(F)cc(NCc2csc(-c3ccc(C(F)(F)F)cc3)n2)c1. The molecule has 0 radical (unpaired) electrons. The molecule has 0 amide bonds. The van der Waals surface area contributed by atoms with E-state index in [0.29, 0.717) is 16.3 Å². The second-order valence-corrected chi connectivity index (χ2v) is 6.46. The third kappa shape index (κ3) is 4.62. The molecule has 1 aromatic heterocycles. The van der Waals surface area contributed by atoms with Gasteiger partial charge in [0.2, 0.25) is 0 Å². The van der Waals surface area contributed by atoms with Crippen LogP contribution in [0.3, 0.4) is 0 Å². The average Bonchev–Trinajstić information content (AvgIpc) is 3.08. The summed E-state index contributed by atoms with van der Waals surface area (Å²) in [6.45, 7) is 0.208. The van der Waals surface area contributed by atoms with Gasteiger partial charge >= 0.3 is 12.1 Å². The summed E-state index contributed by atoms with van der Waals surface area (Å²) >= 11 is 1.26. The fourth-order valence-corrected chi connectivity index (χ4v) is 3.16. The van der Waals surface area contributed by atoms with Crippen LogP contribution in [0.25, 0.3) is 10.6 Å². The number of aromatic carboxylic acids is 1. The zero-order valence-corrected chi connectivity index (χ0v) is 14.4. The van der Waals surface area contributed by atoms with Gasteiger partial charge in [-0.3, -0.25) is 0 Å². The quantitative estimate of drug-likeness (QED) is 0.576. The Balaban J connectivity index is 1.71. The van der Waals surface area contributed by atoms with Crippen LogP contribution in [0.1, 0.15) is 21.6 Å². The molecule has 3 aromatic rings. The first-order valence-corrected chi connectivity index (χ1v) is 8.50. The number of anilines is 1. The van der Waals surface area contributed by atoms with Crippen molar-refractivity contribution in [2.45, 2.75) is 12.7 Å². The molecule has 0 unspecified atom stereocenters. The highest BCUT2D eigenvalue weighted by molar-refractivity contribution is 7.13. The Kier molecular flexibility index (Phi) is 5.13. The summed E-state index contributed by atoms with van der Waals surface area (Å²) in [5.41, 5.74) is 0.525. The normalized spacial score (nSPS) is 11.4. The van der Waals surface area contributed by atoms with Gasteiger partial charge in [0.05, 0.1) is 23.4 Å². The van der Waals surface area contributed by atoms with Crippen molar-refractivity contribution in [2.24, 2.45) is 0 Å². The van der Waals surface area contributed by atoms with Gasteiger partial charge in [-0.25, -0.2) is 14.2 Å². The molecular formula is C18H12F4N2O2S. The topological polar surface area (TPSA) is 62.2 Å². The van der Waals surface area contributed by atoms with Crippen molar-refractivity contribution in [3.63, 3.8) is 0 Å². The van der Waals surface area contributed by atoms with Gasteiger partial charge in [0, 0.05) is 16.6 Å². The van der Waals surface area contributed by atoms with Crippen molar-refractivity contribution in [3.05, 3.63) is 70.5 Å². The lowest BCUT2D eigenvalue weighted by molar-refractivity contribution is -0.137. The smallest absolute Gasteiger partial charge is 0.416 e. The van der Waals surface area contributed by atoms with E-state index < -0.39 is 23.5 Å². The van der Waals surface area contributed by atoms with Gasteiger partial charge in [-0.2, -0.15) is 13.2 Å². The number of rotatable bonds is 5. The minimum Gasteiger partial charge on any atom is -0.478 e. The van der Waals surface area contributed by atoms with Crippen molar-refractivity contribution in [1.82, 2.24) is 4.98 Å². The first-order chi connectivity index (χ1) is 12.7. The van der Waals surface area contributed by atoms with Gasteiger partial charge in [-0.15, -0.1) is 11.3 Å². The van der Waals surface area contributed by atoms with E-state index in [1.54, 1.807) is 5.38 Å². The third-order valence-electron chi connectivity index (χ3n) is 3.63. The number of aromatic nitrogens is 1. The molecule has 27 heavy (non-hydrogen) atoms. The van der Waals surface area contributed by atoms with E-state index in [4.69, 9.17) is 5.11 Å². The van der Waals surface area contributed by atoms with Crippen molar-refractivity contribution in [3.8, 4) is 10.6 Å². The standard InChI is InChI=1S/C18H12F4N2O2S/c19-13-5-11(17(25)26)6-14(7-13)23-8-15-9-27-16(24-15)10-1-3-12(4-2-10)18(20,21)22/h1-7,9,23H,8H2,(H,25,26). The Morgan fingerprint density at radius 2 is 1.85 bits per heavy atom. The number of nitrogens with zero attached hydrogens (tertiary/aromatic N) is 1. The highest BCUT2D eigenvalue weighted by Crippen LogP contribution is 2.31. The Morgan fingerprint density at radius 3 is 2.48 bits per heavy atom. The number of thiazole rings is 1. The molecule has 0 saturated carbocycles. The molecule has 0 aliphatic carbocycles. The van der Waals surface area contributed by atoms with Crippen molar-refractivity contribution in [1.29, 1.82) is 0 Å². The van der Waals surface area contributed by atoms with Crippen LogP contribution in [-0.4, -0.2) is 16.1 Å². The maximum atomic E-state index is 13.5. The average molecular weight is 396 g/mol. The zero-order chi connectivity index (χ0) is 19.6. The van der Waals surface area contributed by atoms with E-state index in [9.17, 15) is 22.4 Å². The molecule has 0 aliphatic rings. The highest BCUT2D eigenvalue weighted by atomic mass is 32.1. The Morgan fingerprint density at radius 1 is 1.15 bits per heavy atom. The van der Waals surface area contributed by atoms with E-state index in [2.05, 4.69) is 10.3 Å². The zero-order valence-electron chi connectivity index (χ0n) is 13.5. The number of hydrogen-bond acceptors (Lipinski definition) is 4. The molecule has 9 heteroatoms. The molecule has 3 rings (SSSR count). The van der Waals surface area contributed by atoms with Crippen LogP contribution in [0, 0.1) is 5.82 Å². The summed E-state index contributed by atoms with van der Waals surface area (Å²) in [7, 11) is 0. The van der Waals surface area contributed by atoms with E-state index in [-0.39, 0.29) is 17.8 Å². The first-order valence-electron chi connectivity index (χ1n) is 7.62. The predicted octanol–water partition coefficient (Wildman–Crippen LogP) is 5.28. The number of carboxylic acids is 1. The predicted molar refractivity (Wildman–Crippen MR) is 93.2 cm³/mol. The summed E-state index contributed by atoms with van der Waals surface area (Å²) in [6, 6.07) is 8.07.